The Morgan fingerprint density at radius 2 is 1.39 bits per heavy atom. The second-order valence-corrected chi connectivity index (χ2v) is 9.96. The summed E-state index contributed by atoms with van der Waals surface area (Å²) in [6.45, 7) is 12.6. The van der Waals surface area contributed by atoms with Crippen LogP contribution in [0.15, 0.2) is 17.4 Å². The molecule has 31 heavy (non-hydrogen) atoms. The van der Waals surface area contributed by atoms with Crippen molar-refractivity contribution >= 4 is 17.3 Å². The highest BCUT2D eigenvalue weighted by Crippen LogP contribution is 2.53. The maximum atomic E-state index is 13.4. The molecule has 0 aliphatic heterocycles. The second-order valence-electron chi connectivity index (χ2n) is 9.96. The molecule has 1 aliphatic rings. The largest absolute Gasteiger partial charge is 0.511 e. The van der Waals surface area contributed by atoms with E-state index in [1.807, 2.05) is 0 Å². The van der Waals surface area contributed by atoms with E-state index < -0.39 is 68.9 Å². The lowest BCUT2D eigenvalue weighted by Crippen LogP contribution is -2.50. The number of aliphatic hydroxyl groups excluding tert-OH is 1. The number of aliphatic hydroxyl groups is 1. The molecule has 0 spiro atoms. The molecule has 1 aliphatic carbocycles. The Morgan fingerprint density at radius 1 is 0.871 bits per heavy atom. The van der Waals surface area contributed by atoms with Gasteiger partial charge in [-0.05, 0) is 33.6 Å². The summed E-state index contributed by atoms with van der Waals surface area (Å²) >= 11 is 0. The number of rotatable bonds is 5. The van der Waals surface area contributed by atoms with Gasteiger partial charge >= 0.3 is 0 Å². The third-order valence-electron chi connectivity index (χ3n) is 6.15. The molecule has 2 rings (SSSR count). The van der Waals surface area contributed by atoms with E-state index in [4.69, 9.17) is 0 Å². The maximum absolute atomic E-state index is 13.4. The predicted molar refractivity (Wildman–Crippen MR) is 115 cm³/mol. The van der Waals surface area contributed by atoms with Crippen LogP contribution < -0.4 is 0 Å². The summed E-state index contributed by atoms with van der Waals surface area (Å²) in [5.74, 6) is -5.77. The van der Waals surface area contributed by atoms with E-state index >= 15 is 0 Å². The number of hydrogen-bond acceptors (Lipinski definition) is 7. The summed E-state index contributed by atoms with van der Waals surface area (Å²) in [6, 6.07) is 0.951. The van der Waals surface area contributed by atoms with Gasteiger partial charge in [0, 0.05) is 29.0 Å². The SMILES string of the molecule is CC(C)C(=O)c1c(O)cc(O)c([C@H](C2=C(O)C(C)(C)C(=O)C(C)(C)C2=O)C(C)C)c1O. The summed E-state index contributed by atoms with van der Waals surface area (Å²) in [6.07, 6.45) is 0. The predicted octanol–water partition coefficient (Wildman–Crippen LogP) is 4.40. The van der Waals surface area contributed by atoms with Crippen LogP contribution in [0.5, 0.6) is 17.2 Å². The smallest absolute Gasteiger partial charge is 0.175 e. The molecule has 1 atom stereocenters. The second kappa shape index (κ2) is 7.70. The summed E-state index contributed by atoms with van der Waals surface area (Å²) in [7, 11) is 0. The van der Waals surface area contributed by atoms with Gasteiger partial charge in [-0.15, -0.1) is 0 Å². The lowest BCUT2D eigenvalue weighted by molar-refractivity contribution is -0.144. The van der Waals surface area contributed by atoms with Crippen LogP contribution in [-0.4, -0.2) is 37.8 Å². The Kier molecular flexibility index (Phi) is 6.07. The Morgan fingerprint density at radius 3 is 1.84 bits per heavy atom. The lowest BCUT2D eigenvalue weighted by atomic mass is 9.60. The van der Waals surface area contributed by atoms with Crippen LogP contribution in [0.1, 0.15) is 77.2 Å². The number of aromatic hydroxyl groups is 3. The number of allylic oxidation sites excluding steroid dienone is 2. The molecule has 7 heteroatoms. The first-order valence-electron chi connectivity index (χ1n) is 10.3. The highest BCUT2D eigenvalue weighted by Gasteiger charge is 2.55. The van der Waals surface area contributed by atoms with Gasteiger partial charge in [0.2, 0.25) is 0 Å². The van der Waals surface area contributed by atoms with Crippen molar-refractivity contribution < 1.29 is 34.8 Å². The fourth-order valence-electron chi connectivity index (χ4n) is 4.37. The molecule has 0 amide bonds. The number of carbonyl (C=O) groups is 3. The van der Waals surface area contributed by atoms with Gasteiger partial charge in [-0.1, -0.05) is 27.7 Å². The molecule has 0 saturated carbocycles. The average Bonchev–Trinajstić information content (AvgIpc) is 2.64. The summed E-state index contributed by atoms with van der Waals surface area (Å²) in [5, 5.41) is 42.9. The van der Waals surface area contributed by atoms with Crippen molar-refractivity contribution in [3.05, 3.63) is 28.5 Å². The number of carbonyl (C=O) groups excluding carboxylic acids is 3. The molecule has 1 aromatic carbocycles. The molecule has 4 N–H and O–H groups in total. The molecule has 0 unspecified atom stereocenters. The molecular weight excluding hydrogens is 400 g/mol. The first-order chi connectivity index (χ1) is 14.0. The van der Waals surface area contributed by atoms with Crippen molar-refractivity contribution in [1.29, 1.82) is 0 Å². The van der Waals surface area contributed by atoms with Crippen molar-refractivity contribution in [2.24, 2.45) is 22.7 Å². The van der Waals surface area contributed by atoms with Gasteiger partial charge in [-0.3, -0.25) is 14.4 Å². The van der Waals surface area contributed by atoms with Crippen LogP contribution in [0.25, 0.3) is 0 Å². The van der Waals surface area contributed by atoms with Gasteiger partial charge in [0.15, 0.2) is 17.3 Å². The monoisotopic (exact) mass is 432 g/mol. The van der Waals surface area contributed by atoms with Gasteiger partial charge in [0.05, 0.1) is 10.8 Å². The van der Waals surface area contributed by atoms with Crippen molar-refractivity contribution in [3.63, 3.8) is 0 Å². The molecule has 0 heterocycles. The van der Waals surface area contributed by atoms with Crippen LogP contribution in [0.4, 0.5) is 0 Å². The maximum Gasteiger partial charge on any atom is 0.175 e. The quantitative estimate of drug-likeness (QED) is 0.400. The summed E-state index contributed by atoms with van der Waals surface area (Å²) in [5.41, 5.74) is -3.39. The number of hydrogen-bond donors (Lipinski definition) is 4. The zero-order valence-corrected chi connectivity index (χ0v) is 19.3. The van der Waals surface area contributed by atoms with E-state index in [2.05, 4.69) is 0 Å². The number of ketones is 3. The fourth-order valence-corrected chi connectivity index (χ4v) is 4.37. The Bertz CT molecular complexity index is 994. The highest BCUT2D eigenvalue weighted by molar-refractivity contribution is 6.19. The van der Waals surface area contributed by atoms with Crippen LogP contribution in [0.3, 0.4) is 0 Å². The minimum absolute atomic E-state index is 0.0937. The summed E-state index contributed by atoms with van der Waals surface area (Å²) in [4.78, 5) is 38.9. The normalized spacial score (nSPS) is 19.3. The first-order valence-corrected chi connectivity index (χ1v) is 10.3. The van der Waals surface area contributed by atoms with Crippen LogP contribution >= 0.6 is 0 Å². The standard InChI is InChI=1S/C24H32O7/c1-10(2)14(17-20(29)23(5,6)22(31)24(7,8)21(17)30)15-12(25)9-13(26)16(19(15)28)18(27)11(3)4/h9-11,14,25-26,28-29H,1-8H3/t14-/m1/s1. The van der Waals surface area contributed by atoms with Crippen LogP contribution in [-0.2, 0) is 9.59 Å². The van der Waals surface area contributed by atoms with E-state index in [1.165, 1.54) is 27.7 Å². The zero-order chi connectivity index (χ0) is 24.2. The minimum Gasteiger partial charge on any atom is -0.511 e. The minimum atomic E-state index is -1.43. The molecule has 1 aromatic rings. The van der Waals surface area contributed by atoms with Crippen molar-refractivity contribution in [3.8, 4) is 17.2 Å². The molecular formula is C24H32O7. The molecule has 7 nitrogen and oxygen atoms in total. The molecule has 0 saturated heterocycles. The number of phenols is 3. The first kappa shape index (κ1) is 24.4. The average molecular weight is 433 g/mol. The van der Waals surface area contributed by atoms with Crippen molar-refractivity contribution in [2.75, 3.05) is 0 Å². The number of Topliss-reactive ketones (excluding diaryl/α,β-unsaturated/α-hetero) is 3. The topological polar surface area (TPSA) is 132 Å². The Labute approximate surface area is 182 Å². The van der Waals surface area contributed by atoms with Gasteiger partial charge in [-0.25, -0.2) is 0 Å². The van der Waals surface area contributed by atoms with Gasteiger partial charge in [0.25, 0.3) is 0 Å². The number of benzene rings is 1. The van der Waals surface area contributed by atoms with Crippen molar-refractivity contribution in [2.45, 2.75) is 61.3 Å². The lowest BCUT2D eigenvalue weighted by Gasteiger charge is -2.41. The van der Waals surface area contributed by atoms with Crippen LogP contribution in [0.2, 0.25) is 0 Å². The van der Waals surface area contributed by atoms with E-state index in [9.17, 15) is 34.8 Å². The van der Waals surface area contributed by atoms with Gasteiger partial charge in [-0.2, -0.15) is 0 Å². The van der Waals surface area contributed by atoms with Crippen LogP contribution in [0, 0.1) is 22.7 Å². The van der Waals surface area contributed by atoms with E-state index in [-0.39, 0.29) is 16.7 Å². The molecule has 0 radical (unpaired) electrons. The zero-order valence-electron chi connectivity index (χ0n) is 19.3. The van der Waals surface area contributed by atoms with Gasteiger partial charge in [0.1, 0.15) is 28.6 Å². The summed E-state index contributed by atoms with van der Waals surface area (Å²) < 4.78 is 0. The highest BCUT2D eigenvalue weighted by atomic mass is 16.3. The fraction of sp³-hybridized carbons (Fsp3) is 0.542. The molecule has 0 fully saturated rings. The Balaban J connectivity index is 2.95. The van der Waals surface area contributed by atoms with E-state index in [0.717, 1.165) is 6.07 Å². The van der Waals surface area contributed by atoms with Gasteiger partial charge < -0.3 is 20.4 Å². The van der Waals surface area contributed by atoms with E-state index in [0.29, 0.717) is 0 Å². The molecule has 0 bridgehead atoms. The molecule has 0 aromatic heterocycles. The number of phenolic OH excluding ortho intramolecular Hbond substituents is 3. The Hall–Kier alpha value is -2.83. The third kappa shape index (κ3) is 3.60. The van der Waals surface area contributed by atoms with E-state index in [1.54, 1.807) is 27.7 Å². The van der Waals surface area contributed by atoms with Crippen molar-refractivity contribution in [1.82, 2.24) is 0 Å². The third-order valence-corrected chi connectivity index (χ3v) is 6.15. The molecule has 170 valence electrons.